The van der Waals surface area contributed by atoms with Crippen molar-refractivity contribution in [2.45, 2.75) is 19.3 Å². The Bertz CT molecular complexity index is 696. The van der Waals surface area contributed by atoms with Crippen molar-refractivity contribution in [2.75, 3.05) is 13.7 Å². The second kappa shape index (κ2) is 6.69. The number of aliphatic imine (C=N–C) groups is 2. The zero-order valence-electron chi connectivity index (χ0n) is 12.9. The highest BCUT2D eigenvalue weighted by Gasteiger charge is 2.25. The minimum Gasteiger partial charge on any atom is -0.497 e. The minimum absolute atomic E-state index is 0.482. The number of methoxy groups -OCH3 is 1. The van der Waals surface area contributed by atoms with Crippen molar-refractivity contribution < 1.29 is 4.74 Å². The average Bonchev–Trinajstić information content (AvgIpc) is 3.00. The van der Waals surface area contributed by atoms with Crippen LogP contribution in [0.1, 0.15) is 19.3 Å². The first-order valence-corrected chi connectivity index (χ1v) is 7.71. The summed E-state index contributed by atoms with van der Waals surface area (Å²) in [5.74, 6) is 1.87. The predicted molar refractivity (Wildman–Crippen MR) is 91.7 cm³/mol. The third-order valence-electron chi connectivity index (χ3n) is 4.38. The number of ether oxygens (including phenoxy) is 1. The van der Waals surface area contributed by atoms with Crippen LogP contribution in [0.2, 0.25) is 0 Å². The van der Waals surface area contributed by atoms with Gasteiger partial charge >= 0.3 is 0 Å². The van der Waals surface area contributed by atoms with E-state index in [-0.39, 0.29) is 0 Å². The lowest BCUT2D eigenvalue weighted by molar-refractivity contribution is 0.415. The number of nitrogens with zero attached hydrogens (tertiary/aromatic N) is 3. The predicted octanol–water partition coefficient (Wildman–Crippen LogP) is 4.06. The summed E-state index contributed by atoms with van der Waals surface area (Å²) in [6.07, 6.45) is 7.51. The summed E-state index contributed by atoms with van der Waals surface area (Å²) in [7, 11) is 1.67. The van der Waals surface area contributed by atoms with E-state index in [0.717, 1.165) is 28.9 Å². The molecule has 0 bridgehead atoms. The molecule has 3 rings (SSSR count). The summed E-state index contributed by atoms with van der Waals surface area (Å²) >= 11 is 0. The number of pyridine rings is 1. The van der Waals surface area contributed by atoms with Gasteiger partial charge in [0.05, 0.1) is 18.3 Å². The average molecular weight is 295 g/mol. The monoisotopic (exact) mass is 295 g/mol. The molecule has 4 heteroatoms. The van der Waals surface area contributed by atoms with E-state index in [1.807, 2.05) is 24.3 Å². The van der Waals surface area contributed by atoms with Crippen molar-refractivity contribution >= 4 is 29.5 Å². The van der Waals surface area contributed by atoms with Crippen LogP contribution in [0, 0.1) is 11.8 Å². The second-order valence-corrected chi connectivity index (χ2v) is 5.76. The smallest absolute Gasteiger partial charge is 0.121 e. The van der Waals surface area contributed by atoms with E-state index >= 15 is 0 Å². The molecule has 1 aliphatic carbocycles. The van der Waals surface area contributed by atoms with Crippen LogP contribution in [-0.2, 0) is 0 Å². The summed E-state index contributed by atoms with van der Waals surface area (Å²) in [6, 6.07) is 7.89. The van der Waals surface area contributed by atoms with Gasteiger partial charge in [-0.3, -0.25) is 9.98 Å². The number of benzene rings is 1. The number of hydrogen-bond donors (Lipinski definition) is 0. The normalized spacial score (nSPS) is 21.5. The van der Waals surface area contributed by atoms with E-state index in [1.165, 1.54) is 19.3 Å². The highest BCUT2D eigenvalue weighted by molar-refractivity contribution is 5.91. The summed E-state index contributed by atoms with van der Waals surface area (Å²) in [6.45, 7) is 4.45. The SMILES string of the molecule is C=NCC1CCCC1C=Nc1cc(OC)cc2cccnc12. The molecule has 0 aliphatic heterocycles. The van der Waals surface area contributed by atoms with Gasteiger partial charge < -0.3 is 9.73 Å². The molecular weight excluding hydrogens is 274 g/mol. The van der Waals surface area contributed by atoms with Gasteiger partial charge in [-0.1, -0.05) is 12.5 Å². The molecule has 4 nitrogen and oxygen atoms in total. The van der Waals surface area contributed by atoms with E-state index in [2.05, 4.69) is 22.9 Å². The van der Waals surface area contributed by atoms with Crippen molar-refractivity contribution in [3.05, 3.63) is 30.5 Å². The van der Waals surface area contributed by atoms with Gasteiger partial charge in [-0.25, -0.2) is 0 Å². The molecule has 1 heterocycles. The first kappa shape index (κ1) is 14.7. The molecule has 2 aromatic rings. The van der Waals surface area contributed by atoms with Gasteiger partial charge in [0, 0.05) is 30.4 Å². The molecule has 1 fully saturated rings. The fourth-order valence-electron chi connectivity index (χ4n) is 3.19. The second-order valence-electron chi connectivity index (χ2n) is 5.76. The maximum Gasteiger partial charge on any atom is 0.121 e. The van der Waals surface area contributed by atoms with Gasteiger partial charge in [-0.05, 0) is 43.5 Å². The highest BCUT2D eigenvalue weighted by atomic mass is 16.5. The summed E-state index contributed by atoms with van der Waals surface area (Å²) in [5.41, 5.74) is 1.78. The Morgan fingerprint density at radius 3 is 3.14 bits per heavy atom. The Kier molecular flexibility index (Phi) is 4.47. The van der Waals surface area contributed by atoms with Gasteiger partial charge in [0.15, 0.2) is 0 Å². The fourth-order valence-corrected chi connectivity index (χ4v) is 3.19. The zero-order chi connectivity index (χ0) is 15.4. The lowest BCUT2D eigenvalue weighted by atomic mass is 9.97. The molecule has 1 aromatic carbocycles. The molecule has 2 atom stereocenters. The molecular formula is C18H21N3O. The Balaban J connectivity index is 1.92. The maximum atomic E-state index is 5.37. The van der Waals surface area contributed by atoms with Crippen LogP contribution in [0.25, 0.3) is 10.9 Å². The molecule has 0 saturated heterocycles. The lowest BCUT2D eigenvalue weighted by Crippen LogP contribution is -2.12. The van der Waals surface area contributed by atoms with E-state index in [4.69, 9.17) is 9.73 Å². The van der Waals surface area contributed by atoms with Crippen molar-refractivity contribution in [1.82, 2.24) is 4.98 Å². The summed E-state index contributed by atoms with van der Waals surface area (Å²) < 4.78 is 5.37. The lowest BCUT2D eigenvalue weighted by Gasteiger charge is -2.12. The molecule has 22 heavy (non-hydrogen) atoms. The van der Waals surface area contributed by atoms with Crippen LogP contribution < -0.4 is 4.74 Å². The number of fused-ring (bicyclic) bond motifs is 1. The van der Waals surface area contributed by atoms with Crippen LogP contribution in [-0.4, -0.2) is 31.6 Å². The molecule has 114 valence electrons. The standard InChI is InChI=1S/C18H21N3O/c1-19-11-14-5-3-6-15(14)12-21-17-10-16(22-2)9-13-7-4-8-20-18(13)17/h4,7-10,12,14-15H,1,3,5-6,11H2,2H3. The van der Waals surface area contributed by atoms with Gasteiger partial charge in [0.2, 0.25) is 0 Å². The van der Waals surface area contributed by atoms with Crippen molar-refractivity contribution in [3.8, 4) is 5.75 Å². The van der Waals surface area contributed by atoms with E-state index in [1.54, 1.807) is 13.3 Å². The Hall–Kier alpha value is -2.23. The Morgan fingerprint density at radius 1 is 1.41 bits per heavy atom. The van der Waals surface area contributed by atoms with Crippen LogP contribution >= 0.6 is 0 Å². The van der Waals surface area contributed by atoms with Crippen LogP contribution in [0.3, 0.4) is 0 Å². The van der Waals surface area contributed by atoms with E-state index < -0.39 is 0 Å². The van der Waals surface area contributed by atoms with Gasteiger partial charge in [0.25, 0.3) is 0 Å². The molecule has 1 saturated carbocycles. The van der Waals surface area contributed by atoms with Crippen LogP contribution in [0.4, 0.5) is 5.69 Å². The minimum atomic E-state index is 0.482. The van der Waals surface area contributed by atoms with Crippen LogP contribution in [0.5, 0.6) is 5.75 Å². The van der Waals surface area contributed by atoms with Crippen molar-refractivity contribution in [2.24, 2.45) is 21.8 Å². The molecule has 0 N–H and O–H groups in total. The number of hydrogen-bond acceptors (Lipinski definition) is 4. The van der Waals surface area contributed by atoms with Crippen molar-refractivity contribution in [1.29, 1.82) is 0 Å². The highest BCUT2D eigenvalue weighted by Crippen LogP contribution is 2.33. The maximum absolute atomic E-state index is 5.37. The molecule has 0 radical (unpaired) electrons. The van der Waals surface area contributed by atoms with E-state index in [0.29, 0.717) is 11.8 Å². The van der Waals surface area contributed by atoms with Gasteiger partial charge in [0.1, 0.15) is 5.75 Å². The summed E-state index contributed by atoms with van der Waals surface area (Å²) in [5, 5.41) is 1.05. The molecule has 1 aromatic heterocycles. The van der Waals surface area contributed by atoms with Gasteiger partial charge in [-0.15, -0.1) is 0 Å². The quantitative estimate of drug-likeness (QED) is 0.781. The summed E-state index contributed by atoms with van der Waals surface area (Å²) in [4.78, 5) is 13.2. The first-order chi connectivity index (χ1) is 10.8. The first-order valence-electron chi connectivity index (χ1n) is 7.71. The molecule has 2 unspecified atom stereocenters. The number of rotatable bonds is 5. The number of aromatic nitrogens is 1. The third-order valence-corrected chi connectivity index (χ3v) is 4.38. The molecule has 0 amide bonds. The molecule has 0 spiro atoms. The largest absolute Gasteiger partial charge is 0.497 e. The zero-order valence-corrected chi connectivity index (χ0v) is 12.9. The third kappa shape index (κ3) is 3.01. The fraction of sp³-hybridized carbons (Fsp3) is 0.389. The Morgan fingerprint density at radius 2 is 2.32 bits per heavy atom. The van der Waals surface area contributed by atoms with Crippen LogP contribution in [0.15, 0.2) is 40.4 Å². The topological polar surface area (TPSA) is 46.8 Å². The van der Waals surface area contributed by atoms with Crippen molar-refractivity contribution in [3.63, 3.8) is 0 Å². The Labute approximate surface area is 131 Å². The van der Waals surface area contributed by atoms with Gasteiger partial charge in [-0.2, -0.15) is 0 Å². The van der Waals surface area contributed by atoms with E-state index in [9.17, 15) is 0 Å². The molecule has 1 aliphatic rings.